The van der Waals surface area contributed by atoms with Crippen LogP contribution in [-0.4, -0.2) is 0 Å². The first-order chi connectivity index (χ1) is 6.73. The van der Waals surface area contributed by atoms with Gasteiger partial charge in [-0.1, -0.05) is 43.6 Å². The van der Waals surface area contributed by atoms with Crippen LogP contribution in [0.2, 0.25) is 0 Å². The molecule has 0 amide bonds. The van der Waals surface area contributed by atoms with Crippen molar-refractivity contribution in [3.05, 3.63) is 20.3 Å². The van der Waals surface area contributed by atoms with Crippen molar-refractivity contribution in [1.29, 1.82) is 0 Å². The summed E-state index contributed by atoms with van der Waals surface area (Å²) in [6.45, 7) is 11.3. The molecule has 0 bridgehead atoms. The van der Waals surface area contributed by atoms with E-state index in [0.29, 0.717) is 16.2 Å². The van der Waals surface area contributed by atoms with E-state index in [2.05, 4.69) is 72.5 Å². The molecule has 1 heterocycles. The molecule has 0 aliphatic heterocycles. The van der Waals surface area contributed by atoms with Gasteiger partial charge in [0.1, 0.15) is 0 Å². The van der Waals surface area contributed by atoms with Crippen LogP contribution in [0, 0.1) is 18.3 Å². The van der Waals surface area contributed by atoms with Gasteiger partial charge in [0.25, 0.3) is 0 Å². The third-order valence-electron chi connectivity index (χ3n) is 2.95. The molecule has 0 saturated heterocycles. The van der Waals surface area contributed by atoms with Crippen LogP contribution in [0.25, 0.3) is 0 Å². The molecule has 2 unspecified atom stereocenters. The van der Waals surface area contributed by atoms with Gasteiger partial charge in [0.15, 0.2) is 0 Å². The molecular weight excluding hydrogens is 336 g/mol. The standard InChI is InChI=1S/C12H18Br2S/c1-7(12(3,4)5)11(14)10-6-9(13)8(2)15-10/h6-7,11H,1-5H3. The van der Waals surface area contributed by atoms with E-state index in [9.17, 15) is 0 Å². The Morgan fingerprint density at radius 1 is 1.33 bits per heavy atom. The Balaban J connectivity index is 2.90. The Labute approximate surface area is 114 Å². The van der Waals surface area contributed by atoms with Gasteiger partial charge in [-0.3, -0.25) is 0 Å². The normalized spacial score (nSPS) is 16.5. The lowest BCUT2D eigenvalue weighted by atomic mass is 9.80. The number of hydrogen-bond donors (Lipinski definition) is 0. The fourth-order valence-electron chi connectivity index (χ4n) is 1.30. The van der Waals surface area contributed by atoms with E-state index < -0.39 is 0 Å². The summed E-state index contributed by atoms with van der Waals surface area (Å²) in [6.07, 6.45) is 0. The largest absolute Gasteiger partial charge is 0.143 e. The number of rotatable bonds is 2. The molecule has 0 nitrogen and oxygen atoms in total. The number of thiophene rings is 1. The van der Waals surface area contributed by atoms with E-state index >= 15 is 0 Å². The maximum atomic E-state index is 3.82. The van der Waals surface area contributed by atoms with Gasteiger partial charge >= 0.3 is 0 Å². The maximum Gasteiger partial charge on any atom is 0.0520 e. The van der Waals surface area contributed by atoms with Crippen LogP contribution in [0.1, 0.15) is 42.3 Å². The Morgan fingerprint density at radius 3 is 2.20 bits per heavy atom. The van der Waals surface area contributed by atoms with E-state index in [0.717, 1.165) is 0 Å². The number of aryl methyl sites for hydroxylation is 1. The molecule has 1 aromatic heterocycles. The zero-order chi connectivity index (χ0) is 11.8. The molecule has 0 radical (unpaired) electrons. The average Bonchev–Trinajstić information content (AvgIpc) is 2.43. The Hall–Kier alpha value is 0.660. The van der Waals surface area contributed by atoms with E-state index in [1.807, 2.05) is 11.3 Å². The monoisotopic (exact) mass is 352 g/mol. The number of alkyl halides is 1. The minimum atomic E-state index is 0.332. The van der Waals surface area contributed by atoms with Crippen molar-refractivity contribution in [2.24, 2.45) is 11.3 Å². The summed E-state index contributed by atoms with van der Waals surface area (Å²) < 4.78 is 1.23. The predicted octanol–water partition coefficient (Wildman–Crippen LogP) is 5.94. The Morgan fingerprint density at radius 2 is 1.87 bits per heavy atom. The van der Waals surface area contributed by atoms with Crippen LogP contribution in [-0.2, 0) is 0 Å². The highest BCUT2D eigenvalue weighted by molar-refractivity contribution is 9.10. The lowest BCUT2D eigenvalue weighted by Crippen LogP contribution is -2.20. The second-order valence-electron chi connectivity index (χ2n) is 5.11. The second kappa shape index (κ2) is 4.89. The third kappa shape index (κ3) is 3.31. The van der Waals surface area contributed by atoms with Gasteiger partial charge in [0.05, 0.1) is 4.83 Å². The smallest absolute Gasteiger partial charge is 0.0520 e. The fraction of sp³-hybridized carbons (Fsp3) is 0.667. The molecule has 0 aliphatic rings. The van der Waals surface area contributed by atoms with Crippen molar-refractivity contribution >= 4 is 43.2 Å². The molecule has 0 saturated carbocycles. The maximum absolute atomic E-state index is 3.82. The molecule has 15 heavy (non-hydrogen) atoms. The topological polar surface area (TPSA) is 0 Å². The minimum Gasteiger partial charge on any atom is -0.143 e. The van der Waals surface area contributed by atoms with Crippen LogP contribution >= 0.6 is 43.2 Å². The van der Waals surface area contributed by atoms with Crippen molar-refractivity contribution in [3.63, 3.8) is 0 Å². The van der Waals surface area contributed by atoms with Gasteiger partial charge in [0.2, 0.25) is 0 Å². The van der Waals surface area contributed by atoms with Gasteiger partial charge in [-0.25, -0.2) is 0 Å². The van der Waals surface area contributed by atoms with Gasteiger partial charge in [-0.05, 0) is 40.3 Å². The van der Waals surface area contributed by atoms with Crippen LogP contribution in [0.3, 0.4) is 0 Å². The molecule has 0 aromatic carbocycles. The molecule has 1 aromatic rings. The summed E-state index contributed by atoms with van der Waals surface area (Å²) in [5.74, 6) is 0.613. The van der Waals surface area contributed by atoms with Crippen molar-refractivity contribution in [2.45, 2.75) is 39.4 Å². The molecule has 0 N–H and O–H groups in total. The summed E-state index contributed by atoms with van der Waals surface area (Å²) in [6, 6.07) is 2.24. The van der Waals surface area contributed by atoms with E-state index in [1.165, 1.54) is 14.2 Å². The lowest BCUT2D eigenvalue weighted by Gasteiger charge is -2.30. The third-order valence-corrected chi connectivity index (χ3v) is 6.76. The summed E-state index contributed by atoms with van der Waals surface area (Å²) in [4.78, 5) is 3.23. The first kappa shape index (κ1) is 13.7. The molecule has 0 spiro atoms. The van der Waals surface area contributed by atoms with Crippen LogP contribution < -0.4 is 0 Å². The predicted molar refractivity (Wildman–Crippen MR) is 77.0 cm³/mol. The van der Waals surface area contributed by atoms with E-state index in [-0.39, 0.29) is 0 Å². The average molecular weight is 354 g/mol. The highest BCUT2D eigenvalue weighted by Crippen LogP contribution is 2.44. The molecule has 0 fully saturated rings. The zero-order valence-electron chi connectivity index (χ0n) is 9.90. The van der Waals surface area contributed by atoms with Crippen molar-refractivity contribution in [3.8, 4) is 0 Å². The minimum absolute atomic E-state index is 0.332. The van der Waals surface area contributed by atoms with Gasteiger partial charge in [-0.2, -0.15) is 0 Å². The molecule has 3 heteroatoms. The molecular formula is C12H18Br2S. The van der Waals surface area contributed by atoms with Crippen LogP contribution in [0.4, 0.5) is 0 Å². The molecule has 1 rings (SSSR count). The second-order valence-corrected chi connectivity index (χ2v) is 8.24. The van der Waals surface area contributed by atoms with Gasteiger partial charge < -0.3 is 0 Å². The van der Waals surface area contributed by atoms with Crippen LogP contribution in [0.5, 0.6) is 0 Å². The van der Waals surface area contributed by atoms with Crippen molar-refractivity contribution in [2.75, 3.05) is 0 Å². The van der Waals surface area contributed by atoms with E-state index in [4.69, 9.17) is 0 Å². The van der Waals surface area contributed by atoms with Crippen molar-refractivity contribution < 1.29 is 0 Å². The summed E-state index contributed by atoms with van der Waals surface area (Å²) in [5, 5.41) is 0. The first-order valence-electron chi connectivity index (χ1n) is 5.13. The Kier molecular flexibility index (Phi) is 4.47. The number of hydrogen-bond acceptors (Lipinski definition) is 1. The summed E-state index contributed by atoms with van der Waals surface area (Å²) >= 11 is 9.27. The van der Waals surface area contributed by atoms with Crippen LogP contribution in [0.15, 0.2) is 10.5 Å². The number of halogens is 2. The SMILES string of the molecule is Cc1sc(C(Br)C(C)C(C)(C)C)cc1Br. The molecule has 86 valence electrons. The highest BCUT2D eigenvalue weighted by Gasteiger charge is 2.28. The summed E-state index contributed by atoms with van der Waals surface area (Å²) in [5.41, 5.74) is 0.332. The Bertz CT molecular complexity index is 316. The van der Waals surface area contributed by atoms with Gasteiger partial charge in [0, 0.05) is 14.2 Å². The first-order valence-corrected chi connectivity index (χ1v) is 7.66. The lowest BCUT2D eigenvalue weighted by molar-refractivity contribution is 0.260. The van der Waals surface area contributed by atoms with Gasteiger partial charge in [-0.15, -0.1) is 11.3 Å². The highest BCUT2D eigenvalue weighted by atomic mass is 79.9. The molecule has 0 aliphatic carbocycles. The molecule has 2 atom stereocenters. The quantitative estimate of drug-likeness (QED) is 0.577. The van der Waals surface area contributed by atoms with E-state index in [1.54, 1.807) is 0 Å². The van der Waals surface area contributed by atoms with Crippen molar-refractivity contribution in [1.82, 2.24) is 0 Å². The summed E-state index contributed by atoms with van der Waals surface area (Å²) in [7, 11) is 0. The fourth-order valence-corrected chi connectivity index (χ4v) is 4.15. The zero-order valence-corrected chi connectivity index (χ0v) is 13.9.